The quantitative estimate of drug-likeness (QED) is 0.494. The largest absolute Gasteiger partial charge is 0.334 e. The molecule has 2 rings (SSSR count). The van der Waals surface area contributed by atoms with E-state index in [0.717, 1.165) is 0 Å². The predicted molar refractivity (Wildman–Crippen MR) is 36.4 cm³/mol. The Hall–Kier alpha value is -1.59. The Kier molecular flexibility index (Phi) is 1.03. The van der Waals surface area contributed by atoms with E-state index < -0.39 is 0 Å². The van der Waals surface area contributed by atoms with E-state index in [9.17, 15) is 0 Å². The van der Waals surface area contributed by atoms with E-state index in [-0.39, 0.29) is 0 Å². The van der Waals surface area contributed by atoms with Gasteiger partial charge in [-0.25, -0.2) is 4.68 Å². The van der Waals surface area contributed by atoms with Gasteiger partial charge in [0.1, 0.15) is 19.3 Å². The van der Waals surface area contributed by atoms with Crippen LogP contribution in [-0.2, 0) is 0 Å². The lowest BCUT2D eigenvalue weighted by atomic mass is 10.9. The van der Waals surface area contributed by atoms with Crippen LogP contribution in [0.25, 0.3) is 0 Å². The van der Waals surface area contributed by atoms with E-state index in [1.54, 1.807) is 17.3 Å². The van der Waals surface area contributed by atoms with Crippen molar-refractivity contribution in [1.29, 1.82) is 0 Å². The molecule has 0 bridgehead atoms. The van der Waals surface area contributed by atoms with Gasteiger partial charge in [0, 0.05) is 0 Å². The monoisotopic (exact) mass is 138 g/mol. The Balaban J connectivity index is 2.37. The van der Waals surface area contributed by atoms with Crippen LogP contribution in [0.2, 0.25) is 0 Å². The van der Waals surface area contributed by atoms with Crippen molar-refractivity contribution in [2.75, 3.05) is 17.4 Å². The minimum absolute atomic E-state index is 0.533. The number of hydrogen-bond donors (Lipinski definition) is 2. The molecule has 0 fully saturated rings. The molecule has 0 spiro atoms. The van der Waals surface area contributed by atoms with Crippen molar-refractivity contribution >= 4 is 12.3 Å². The van der Waals surface area contributed by atoms with Crippen molar-refractivity contribution in [3.8, 4) is 0 Å². The average Bonchev–Trinajstić information content (AvgIpc) is 2.28. The molecule has 0 amide bonds. The third-order valence-corrected chi connectivity index (χ3v) is 1.16. The summed E-state index contributed by atoms with van der Waals surface area (Å²) in [5.41, 5.74) is 2.84. The number of rotatable bonds is 0. The lowest BCUT2D eigenvalue weighted by molar-refractivity contribution is 0.982. The summed E-state index contributed by atoms with van der Waals surface area (Å²) in [6.07, 6.45) is 3.16. The first kappa shape index (κ1) is 5.21. The highest BCUT2D eigenvalue weighted by Crippen LogP contribution is 1.98. The molecule has 1 aromatic heterocycles. The maximum atomic E-state index is 3.92. The third-order valence-electron chi connectivity index (χ3n) is 1.16. The molecular formula is C4H6N6. The molecule has 2 N–H and O–H groups in total. The maximum absolute atomic E-state index is 3.92. The van der Waals surface area contributed by atoms with Gasteiger partial charge in [0.25, 0.3) is 0 Å². The molecule has 6 nitrogen and oxygen atoms in total. The van der Waals surface area contributed by atoms with Gasteiger partial charge in [-0.15, -0.1) is 10.2 Å². The van der Waals surface area contributed by atoms with E-state index in [4.69, 9.17) is 0 Å². The minimum atomic E-state index is 0.533. The van der Waals surface area contributed by atoms with Gasteiger partial charge in [-0.05, 0) is 0 Å². The van der Waals surface area contributed by atoms with Crippen LogP contribution in [0, 0.1) is 0 Å². The van der Waals surface area contributed by atoms with Gasteiger partial charge in [0.2, 0.25) is 5.95 Å². The van der Waals surface area contributed by atoms with Gasteiger partial charge in [-0.1, -0.05) is 0 Å². The summed E-state index contributed by atoms with van der Waals surface area (Å²) >= 11 is 0. The van der Waals surface area contributed by atoms with E-state index in [1.807, 2.05) is 0 Å². The smallest absolute Gasteiger partial charge is 0.245 e. The van der Waals surface area contributed by atoms with Gasteiger partial charge < -0.3 is 5.32 Å². The van der Waals surface area contributed by atoms with E-state index in [2.05, 4.69) is 25.9 Å². The normalized spacial score (nSPS) is 14.8. The lowest BCUT2D eigenvalue weighted by Crippen LogP contribution is -2.11. The topological polar surface area (TPSA) is 67.1 Å². The molecule has 0 unspecified atom stereocenters. The molecule has 2 heterocycles. The fraction of sp³-hybridized carbons (Fsp3) is 0.250. The summed E-state index contributed by atoms with van der Waals surface area (Å²) in [6, 6.07) is 0. The fourth-order valence-electron chi connectivity index (χ4n) is 0.715. The number of nitrogens with one attached hydrogen (secondary N) is 2. The summed E-state index contributed by atoms with van der Waals surface area (Å²) in [5, 5.41) is 10.4. The molecule has 52 valence electrons. The number of anilines is 1. The molecular weight excluding hydrogens is 132 g/mol. The molecule has 6 heteroatoms. The molecule has 0 aliphatic carbocycles. The predicted octanol–water partition coefficient (Wildman–Crippen LogP) is -0.767. The molecule has 0 saturated carbocycles. The number of fused-ring (bicyclic) bond motifs is 1. The Labute approximate surface area is 56.9 Å². The Morgan fingerprint density at radius 3 is 3.60 bits per heavy atom. The average molecular weight is 138 g/mol. The zero-order chi connectivity index (χ0) is 6.81. The first-order valence-electron chi connectivity index (χ1n) is 2.85. The van der Waals surface area contributed by atoms with Gasteiger partial charge in [0.15, 0.2) is 0 Å². The molecule has 0 saturated heterocycles. The van der Waals surface area contributed by atoms with Crippen LogP contribution < -0.4 is 10.7 Å². The van der Waals surface area contributed by atoms with Crippen LogP contribution in [0.5, 0.6) is 0 Å². The second-order valence-corrected chi connectivity index (χ2v) is 1.80. The standard InChI is InChI=1S/C4H6N6/c1-5-2-8-10-3-7-9-4(10)6-1/h2-3H,1H2,(H,5,8)(H,6,9). The molecule has 1 aromatic rings. The zero-order valence-electron chi connectivity index (χ0n) is 5.15. The maximum Gasteiger partial charge on any atom is 0.245 e. The molecule has 1 aliphatic heterocycles. The van der Waals surface area contributed by atoms with Gasteiger partial charge in [-0.2, -0.15) is 0 Å². The number of hydrogen-bond acceptors (Lipinski definition) is 5. The van der Waals surface area contributed by atoms with E-state index >= 15 is 0 Å². The summed E-state index contributed by atoms with van der Waals surface area (Å²) in [4.78, 5) is 3.92. The van der Waals surface area contributed by atoms with Crippen LogP contribution in [0.15, 0.2) is 11.3 Å². The second-order valence-electron chi connectivity index (χ2n) is 1.80. The van der Waals surface area contributed by atoms with Gasteiger partial charge >= 0.3 is 0 Å². The van der Waals surface area contributed by atoms with Crippen LogP contribution in [-0.4, -0.2) is 27.9 Å². The molecule has 1 aliphatic rings. The van der Waals surface area contributed by atoms with Gasteiger partial charge in [-0.3, -0.25) is 10.4 Å². The highest BCUT2D eigenvalue weighted by atomic mass is 15.5. The molecule has 10 heavy (non-hydrogen) atoms. The Bertz CT molecular complexity index is 250. The summed E-state index contributed by atoms with van der Waals surface area (Å²) in [7, 11) is 0. The first-order chi connectivity index (χ1) is 4.97. The molecule has 0 aromatic carbocycles. The Morgan fingerprint density at radius 1 is 1.60 bits per heavy atom. The Morgan fingerprint density at radius 2 is 2.60 bits per heavy atom. The SMILES string of the molecule is C1=NCNc2nncn2N1. The summed E-state index contributed by atoms with van der Waals surface area (Å²) in [5.74, 6) is 0.678. The number of aromatic nitrogens is 3. The van der Waals surface area contributed by atoms with Crippen LogP contribution in [0.3, 0.4) is 0 Å². The lowest BCUT2D eigenvalue weighted by Gasteiger charge is -1.99. The highest BCUT2D eigenvalue weighted by Gasteiger charge is 2.01. The van der Waals surface area contributed by atoms with Crippen molar-refractivity contribution in [1.82, 2.24) is 14.9 Å². The van der Waals surface area contributed by atoms with E-state index in [1.165, 1.54) is 0 Å². The fourth-order valence-corrected chi connectivity index (χ4v) is 0.715. The van der Waals surface area contributed by atoms with Crippen molar-refractivity contribution < 1.29 is 0 Å². The highest BCUT2D eigenvalue weighted by molar-refractivity contribution is 5.65. The van der Waals surface area contributed by atoms with Crippen molar-refractivity contribution in [3.63, 3.8) is 0 Å². The van der Waals surface area contributed by atoms with Crippen molar-refractivity contribution in [3.05, 3.63) is 6.33 Å². The minimum Gasteiger partial charge on any atom is -0.334 e. The van der Waals surface area contributed by atoms with Crippen LogP contribution >= 0.6 is 0 Å². The molecule has 0 atom stereocenters. The third kappa shape index (κ3) is 0.697. The van der Waals surface area contributed by atoms with Crippen molar-refractivity contribution in [2.24, 2.45) is 4.99 Å². The zero-order valence-corrected chi connectivity index (χ0v) is 5.15. The second kappa shape index (κ2) is 1.98. The summed E-state index contributed by atoms with van der Waals surface area (Å²) < 4.78 is 1.65. The summed E-state index contributed by atoms with van der Waals surface area (Å²) in [6.45, 7) is 0.533. The van der Waals surface area contributed by atoms with E-state index in [0.29, 0.717) is 12.6 Å². The van der Waals surface area contributed by atoms with Crippen LogP contribution in [0.1, 0.15) is 0 Å². The molecule has 0 radical (unpaired) electrons. The van der Waals surface area contributed by atoms with Gasteiger partial charge in [0.05, 0.1) is 0 Å². The van der Waals surface area contributed by atoms with Crippen LogP contribution in [0.4, 0.5) is 5.95 Å². The number of nitrogens with zero attached hydrogens (tertiary/aromatic N) is 4. The number of aliphatic imine (C=N–C) groups is 1. The first-order valence-corrected chi connectivity index (χ1v) is 2.85. The van der Waals surface area contributed by atoms with Crippen molar-refractivity contribution in [2.45, 2.75) is 0 Å².